The molecule has 0 aliphatic carbocycles. The molecule has 1 aromatic rings. The molecule has 18 heavy (non-hydrogen) atoms. The number of hydrogen-bond acceptors (Lipinski definition) is 4. The third-order valence-electron chi connectivity index (χ3n) is 2.96. The van der Waals surface area contributed by atoms with Gasteiger partial charge in [0.15, 0.2) is 0 Å². The second-order valence-electron chi connectivity index (χ2n) is 4.20. The lowest BCUT2D eigenvalue weighted by Crippen LogP contribution is -2.41. The van der Waals surface area contributed by atoms with Gasteiger partial charge in [0.2, 0.25) is 11.8 Å². The molecule has 0 bridgehead atoms. The van der Waals surface area contributed by atoms with Gasteiger partial charge in [-0.1, -0.05) is 0 Å². The van der Waals surface area contributed by atoms with Crippen LogP contribution in [0.25, 0.3) is 0 Å². The number of carbonyl (C=O) groups is 2. The molecule has 2 heterocycles. The van der Waals surface area contributed by atoms with Crippen LogP contribution in [-0.4, -0.2) is 16.4 Å². The van der Waals surface area contributed by atoms with Gasteiger partial charge in [-0.05, 0) is 17.6 Å². The first kappa shape index (κ1) is 12.2. The van der Waals surface area contributed by atoms with Crippen LogP contribution in [0.3, 0.4) is 0 Å². The van der Waals surface area contributed by atoms with E-state index in [1.165, 1.54) is 16.8 Å². The highest BCUT2D eigenvalue weighted by Gasteiger charge is 2.30. The minimum atomic E-state index is -0.622. The number of aromatic nitrogens is 1. The third-order valence-corrected chi connectivity index (χ3v) is 2.96. The zero-order valence-corrected chi connectivity index (χ0v) is 9.84. The highest BCUT2D eigenvalue weighted by atomic mass is 16.2. The molecule has 3 N–H and O–H groups in total. The van der Waals surface area contributed by atoms with Crippen molar-refractivity contribution < 1.29 is 15.1 Å². The highest BCUT2D eigenvalue weighted by molar-refractivity contribution is 6.00. The van der Waals surface area contributed by atoms with E-state index in [1.807, 2.05) is 0 Å². The Bertz CT molecular complexity index is 590. The molecule has 1 aromatic heterocycles. The SMILES string of the molecule is Cn1cc(N=[NH2+])cc(C2CCC(=O)NC2=O)c1=O. The maximum atomic E-state index is 12.0. The number of nitrogens with two attached hydrogens (primary N) is 1. The minimum Gasteiger partial charge on any atom is -0.316 e. The summed E-state index contributed by atoms with van der Waals surface area (Å²) in [4.78, 5) is 34.8. The first-order chi connectivity index (χ1) is 8.52. The summed E-state index contributed by atoms with van der Waals surface area (Å²) in [5.74, 6) is -1.38. The van der Waals surface area contributed by atoms with Gasteiger partial charge in [0.05, 0.1) is 5.92 Å². The average Bonchev–Trinajstić information content (AvgIpc) is 2.33. The van der Waals surface area contributed by atoms with Crippen molar-refractivity contribution in [3.63, 3.8) is 0 Å². The molecule has 0 aromatic carbocycles. The van der Waals surface area contributed by atoms with Gasteiger partial charge in [-0.25, -0.2) is 0 Å². The normalized spacial score (nSPS) is 19.5. The topological polar surface area (TPSA) is 106 Å². The summed E-state index contributed by atoms with van der Waals surface area (Å²) in [6.07, 6.45) is 2.04. The fourth-order valence-corrected chi connectivity index (χ4v) is 2.03. The summed E-state index contributed by atoms with van der Waals surface area (Å²) < 4.78 is 1.32. The van der Waals surface area contributed by atoms with Crippen molar-refractivity contribution in [2.75, 3.05) is 0 Å². The fraction of sp³-hybridized carbons (Fsp3) is 0.364. The summed E-state index contributed by atoms with van der Waals surface area (Å²) in [5, 5.41) is 5.73. The molecule has 2 amide bonds. The average molecular weight is 249 g/mol. The van der Waals surface area contributed by atoms with Crippen LogP contribution in [0.15, 0.2) is 22.2 Å². The molecule has 1 saturated heterocycles. The van der Waals surface area contributed by atoms with E-state index in [0.717, 1.165) is 0 Å². The summed E-state index contributed by atoms with van der Waals surface area (Å²) in [5.41, 5.74) is 5.63. The standard InChI is InChI=1S/C11H12N4O3/c1-15-5-6(14-12)4-8(11(15)18)7-2-3-9(16)13-10(7)17/h4-5,7,12H,2-3H2,1H3,(H,13,16,17)/p+1. The minimum absolute atomic E-state index is 0.226. The highest BCUT2D eigenvalue weighted by Crippen LogP contribution is 2.24. The second kappa shape index (κ2) is 4.52. The van der Waals surface area contributed by atoms with E-state index in [-0.39, 0.29) is 17.9 Å². The lowest BCUT2D eigenvalue weighted by atomic mass is 9.91. The van der Waals surface area contributed by atoms with Crippen molar-refractivity contribution >= 4 is 17.5 Å². The van der Waals surface area contributed by atoms with Crippen molar-refractivity contribution in [1.82, 2.24) is 9.88 Å². The van der Waals surface area contributed by atoms with Gasteiger partial charge in [-0.3, -0.25) is 19.7 Å². The van der Waals surface area contributed by atoms with E-state index in [2.05, 4.69) is 10.4 Å². The zero-order chi connectivity index (χ0) is 13.3. The number of rotatable bonds is 2. The monoisotopic (exact) mass is 249 g/mol. The Hall–Kier alpha value is -2.31. The first-order valence-corrected chi connectivity index (χ1v) is 5.48. The maximum Gasteiger partial charge on any atom is 0.254 e. The Kier molecular flexibility index (Phi) is 3.05. The van der Waals surface area contributed by atoms with Crippen molar-refractivity contribution in [2.24, 2.45) is 12.2 Å². The van der Waals surface area contributed by atoms with E-state index in [4.69, 9.17) is 5.53 Å². The number of pyridine rings is 1. The number of aryl methyl sites for hydroxylation is 1. The van der Waals surface area contributed by atoms with Crippen LogP contribution in [0.2, 0.25) is 0 Å². The van der Waals surface area contributed by atoms with Crippen molar-refractivity contribution in [2.45, 2.75) is 18.8 Å². The number of imide groups is 1. The molecular formula is C11H13N4O3+. The molecular weight excluding hydrogens is 236 g/mol. The molecule has 0 radical (unpaired) electrons. The summed E-state index contributed by atoms with van der Waals surface area (Å²) in [6, 6.07) is 1.49. The number of nitrogens with one attached hydrogen (secondary N) is 1. The predicted molar refractivity (Wildman–Crippen MR) is 60.8 cm³/mol. The smallest absolute Gasteiger partial charge is 0.254 e. The molecule has 0 spiro atoms. The van der Waals surface area contributed by atoms with Crippen molar-refractivity contribution in [3.8, 4) is 0 Å². The molecule has 0 saturated carbocycles. The van der Waals surface area contributed by atoms with Crippen molar-refractivity contribution in [1.29, 1.82) is 0 Å². The summed E-state index contributed by atoms with van der Waals surface area (Å²) in [6.45, 7) is 0. The van der Waals surface area contributed by atoms with Gasteiger partial charge in [0.25, 0.3) is 5.56 Å². The summed E-state index contributed by atoms with van der Waals surface area (Å²) >= 11 is 0. The van der Waals surface area contributed by atoms with E-state index in [9.17, 15) is 14.4 Å². The number of carbonyl (C=O) groups excluding carboxylic acids is 2. The Morgan fingerprint density at radius 2 is 2.17 bits per heavy atom. The van der Waals surface area contributed by atoms with Crippen LogP contribution in [0, 0.1) is 0 Å². The molecule has 1 aliphatic rings. The number of amides is 2. The van der Waals surface area contributed by atoms with Crippen LogP contribution in [0.5, 0.6) is 0 Å². The van der Waals surface area contributed by atoms with Crippen LogP contribution in [-0.2, 0) is 16.6 Å². The van der Waals surface area contributed by atoms with Gasteiger partial charge < -0.3 is 4.57 Å². The van der Waals surface area contributed by atoms with Crippen LogP contribution < -0.4 is 16.4 Å². The third kappa shape index (κ3) is 2.06. The lowest BCUT2D eigenvalue weighted by molar-refractivity contribution is -0.210. The van der Waals surface area contributed by atoms with Gasteiger partial charge >= 0.3 is 0 Å². The van der Waals surface area contributed by atoms with Gasteiger partial charge in [-0.2, -0.15) is 5.53 Å². The Morgan fingerprint density at radius 1 is 1.44 bits per heavy atom. The Morgan fingerprint density at radius 3 is 2.78 bits per heavy atom. The lowest BCUT2D eigenvalue weighted by Gasteiger charge is -2.20. The Balaban J connectivity index is 2.47. The number of piperidine rings is 1. The maximum absolute atomic E-state index is 12.0. The van der Waals surface area contributed by atoms with Gasteiger partial charge in [0, 0.05) is 25.2 Å². The molecule has 7 heteroatoms. The fourth-order valence-electron chi connectivity index (χ4n) is 2.03. The molecule has 1 aliphatic heterocycles. The van der Waals surface area contributed by atoms with E-state index in [1.54, 1.807) is 7.05 Å². The zero-order valence-electron chi connectivity index (χ0n) is 9.84. The number of nitrogens with zero attached hydrogens (tertiary/aromatic N) is 2. The molecule has 1 atom stereocenters. The molecule has 2 rings (SSSR count). The second-order valence-corrected chi connectivity index (χ2v) is 4.20. The molecule has 94 valence electrons. The van der Waals surface area contributed by atoms with Crippen LogP contribution >= 0.6 is 0 Å². The van der Waals surface area contributed by atoms with Crippen LogP contribution in [0.4, 0.5) is 5.69 Å². The van der Waals surface area contributed by atoms with Crippen LogP contribution in [0.1, 0.15) is 24.3 Å². The van der Waals surface area contributed by atoms with E-state index < -0.39 is 11.8 Å². The molecule has 1 unspecified atom stereocenters. The quantitative estimate of drug-likeness (QED) is 0.505. The van der Waals surface area contributed by atoms with Crippen molar-refractivity contribution in [3.05, 3.63) is 28.2 Å². The predicted octanol–water partition coefficient (Wildman–Crippen LogP) is -1.25. The van der Waals surface area contributed by atoms with E-state index >= 15 is 0 Å². The number of hydrogen-bond donors (Lipinski definition) is 2. The van der Waals surface area contributed by atoms with E-state index in [0.29, 0.717) is 17.7 Å². The van der Waals surface area contributed by atoms with Gasteiger partial charge in [0.1, 0.15) is 5.69 Å². The Labute approximate surface area is 102 Å². The largest absolute Gasteiger partial charge is 0.316 e. The first-order valence-electron chi connectivity index (χ1n) is 5.48. The molecule has 7 nitrogen and oxygen atoms in total. The van der Waals surface area contributed by atoms with Gasteiger partial charge in [-0.15, -0.1) is 0 Å². The molecule has 1 fully saturated rings. The summed E-state index contributed by atoms with van der Waals surface area (Å²) in [7, 11) is 1.56.